The molecule has 0 saturated carbocycles. The maximum absolute atomic E-state index is 12.7. The Morgan fingerprint density at radius 1 is 1.00 bits per heavy atom. The summed E-state index contributed by atoms with van der Waals surface area (Å²) in [5, 5.41) is 2.95. The Labute approximate surface area is 147 Å². The van der Waals surface area contributed by atoms with Crippen molar-refractivity contribution in [2.45, 2.75) is 33.2 Å². The van der Waals surface area contributed by atoms with Gasteiger partial charge in [-0.25, -0.2) is 4.98 Å². The van der Waals surface area contributed by atoms with Crippen molar-refractivity contribution in [3.05, 3.63) is 65.9 Å². The first-order chi connectivity index (χ1) is 11.8. The van der Waals surface area contributed by atoms with Crippen LogP contribution in [0.25, 0.3) is 22.7 Å². The summed E-state index contributed by atoms with van der Waals surface area (Å²) in [6.45, 7) is 7.81. The fraction of sp³-hybridized carbons (Fsp3) is 0.238. The first-order valence-electron chi connectivity index (χ1n) is 8.30. The Kier molecular flexibility index (Phi) is 4.45. The van der Waals surface area contributed by atoms with Crippen molar-refractivity contribution >= 4 is 5.91 Å². The first-order valence-corrected chi connectivity index (χ1v) is 8.30. The maximum atomic E-state index is 12.7. The zero-order valence-electron chi connectivity index (χ0n) is 15.0. The van der Waals surface area contributed by atoms with Crippen molar-refractivity contribution in [3.8, 4) is 22.7 Å². The highest BCUT2D eigenvalue weighted by atomic mass is 16.4. The van der Waals surface area contributed by atoms with Gasteiger partial charge in [-0.05, 0) is 39.3 Å². The third kappa shape index (κ3) is 3.79. The van der Waals surface area contributed by atoms with Crippen LogP contribution in [0.1, 0.15) is 36.9 Å². The predicted octanol–water partition coefficient (Wildman–Crippen LogP) is 4.85. The van der Waals surface area contributed by atoms with Crippen LogP contribution >= 0.6 is 0 Å². The van der Waals surface area contributed by atoms with Gasteiger partial charge < -0.3 is 9.73 Å². The van der Waals surface area contributed by atoms with Crippen LogP contribution in [0.4, 0.5) is 0 Å². The van der Waals surface area contributed by atoms with Crippen molar-refractivity contribution in [3.63, 3.8) is 0 Å². The van der Waals surface area contributed by atoms with E-state index >= 15 is 0 Å². The summed E-state index contributed by atoms with van der Waals surface area (Å²) < 4.78 is 5.92. The zero-order chi connectivity index (χ0) is 18.0. The monoisotopic (exact) mass is 334 g/mol. The van der Waals surface area contributed by atoms with E-state index in [1.54, 1.807) is 0 Å². The van der Waals surface area contributed by atoms with Crippen LogP contribution in [0.15, 0.2) is 59.0 Å². The number of aryl methyl sites for hydroxylation is 1. The Morgan fingerprint density at radius 3 is 2.28 bits per heavy atom. The lowest BCUT2D eigenvalue weighted by Gasteiger charge is -2.19. The van der Waals surface area contributed by atoms with Gasteiger partial charge in [0.15, 0.2) is 0 Å². The van der Waals surface area contributed by atoms with Crippen LogP contribution in [0, 0.1) is 6.92 Å². The first kappa shape index (κ1) is 17.0. The molecule has 0 fully saturated rings. The van der Waals surface area contributed by atoms with Crippen LogP contribution in [0.5, 0.6) is 0 Å². The van der Waals surface area contributed by atoms with Crippen molar-refractivity contribution in [1.29, 1.82) is 0 Å². The summed E-state index contributed by atoms with van der Waals surface area (Å²) in [6.07, 6.45) is 0. The number of carbonyl (C=O) groups excluding carboxylic acids is 1. The summed E-state index contributed by atoms with van der Waals surface area (Å²) >= 11 is 0. The molecule has 0 bridgehead atoms. The predicted molar refractivity (Wildman–Crippen MR) is 99.3 cm³/mol. The van der Waals surface area contributed by atoms with Crippen LogP contribution < -0.4 is 5.32 Å². The molecule has 0 aliphatic carbocycles. The highest BCUT2D eigenvalue weighted by molar-refractivity contribution is 5.98. The van der Waals surface area contributed by atoms with Gasteiger partial charge in [0, 0.05) is 16.7 Å². The fourth-order valence-electron chi connectivity index (χ4n) is 2.59. The lowest BCUT2D eigenvalue weighted by Crippen LogP contribution is -2.40. The minimum atomic E-state index is -0.360. The molecular weight excluding hydrogens is 312 g/mol. The lowest BCUT2D eigenvalue weighted by atomic mass is 10.1. The number of hydrogen-bond donors (Lipinski definition) is 1. The van der Waals surface area contributed by atoms with E-state index in [9.17, 15) is 4.79 Å². The highest BCUT2D eigenvalue weighted by Gasteiger charge is 2.25. The molecule has 128 valence electrons. The number of benzene rings is 2. The number of carbonyl (C=O) groups is 1. The van der Waals surface area contributed by atoms with Gasteiger partial charge in [-0.1, -0.05) is 48.5 Å². The standard InChI is InChI=1S/C21H22N2O2/c1-14-10-8-9-13-16(14)20-22-17(15-11-6-5-7-12-15)18(25-20)19(24)23-21(2,3)4/h5-13H,1-4H3,(H,23,24). The molecule has 0 atom stereocenters. The van der Waals surface area contributed by atoms with E-state index in [4.69, 9.17) is 4.42 Å². The van der Waals surface area contributed by atoms with E-state index in [2.05, 4.69) is 10.3 Å². The summed E-state index contributed by atoms with van der Waals surface area (Å²) in [5.41, 5.74) is 2.98. The third-order valence-electron chi connectivity index (χ3n) is 3.74. The van der Waals surface area contributed by atoms with Gasteiger partial charge >= 0.3 is 0 Å². The Bertz CT molecular complexity index is 890. The molecule has 4 heteroatoms. The van der Waals surface area contributed by atoms with Crippen molar-refractivity contribution in [2.24, 2.45) is 0 Å². The van der Waals surface area contributed by atoms with Crippen molar-refractivity contribution < 1.29 is 9.21 Å². The van der Waals surface area contributed by atoms with E-state index in [1.165, 1.54) is 0 Å². The third-order valence-corrected chi connectivity index (χ3v) is 3.74. The summed E-state index contributed by atoms with van der Waals surface area (Å²) in [5.74, 6) is 0.425. The molecule has 3 aromatic rings. The topological polar surface area (TPSA) is 55.1 Å². The number of nitrogens with zero attached hydrogens (tertiary/aromatic N) is 1. The number of oxazole rings is 1. The van der Waals surface area contributed by atoms with Gasteiger partial charge in [0.2, 0.25) is 11.7 Å². The van der Waals surface area contributed by atoms with Crippen molar-refractivity contribution in [1.82, 2.24) is 10.3 Å². The van der Waals surface area contributed by atoms with Gasteiger partial charge in [0.05, 0.1) is 0 Å². The van der Waals surface area contributed by atoms with E-state index < -0.39 is 0 Å². The van der Waals surface area contributed by atoms with Crippen LogP contribution in [0.3, 0.4) is 0 Å². The second kappa shape index (κ2) is 6.55. The molecule has 0 spiro atoms. The van der Waals surface area contributed by atoms with Gasteiger partial charge in [0.1, 0.15) is 5.69 Å². The number of rotatable bonds is 3. The average Bonchev–Trinajstić information content (AvgIpc) is 3.00. The van der Waals surface area contributed by atoms with E-state index in [1.807, 2.05) is 82.3 Å². The molecular formula is C21H22N2O2. The average molecular weight is 334 g/mol. The van der Waals surface area contributed by atoms with E-state index in [-0.39, 0.29) is 17.2 Å². The molecule has 25 heavy (non-hydrogen) atoms. The molecule has 2 aromatic carbocycles. The summed E-state index contributed by atoms with van der Waals surface area (Å²) in [4.78, 5) is 17.4. The van der Waals surface area contributed by atoms with Gasteiger partial charge in [-0.3, -0.25) is 4.79 Å². The van der Waals surface area contributed by atoms with E-state index in [0.717, 1.165) is 16.7 Å². The molecule has 1 aromatic heterocycles. The smallest absolute Gasteiger partial charge is 0.289 e. The molecule has 1 N–H and O–H groups in total. The molecule has 0 radical (unpaired) electrons. The minimum Gasteiger partial charge on any atom is -0.430 e. The number of aromatic nitrogens is 1. The lowest BCUT2D eigenvalue weighted by molar-refractivity contribution is 0.0893. The second-order valence-electron chi connectivity index (χ2n) is 7.08. The highest BCUT2D eigenvalue weighted by Crippen LogP contribution is 2.30. The maximum Gasteiger partial charge on any atom is 0.289 e. The normalized spacial score (nSPS) is 11.4. The second-order valence-corrected chi connectivity index (χ2v) is 7.08. The number of hydrogen-bond acceptors (Lipinski definition) is 3. The molecule has 1 amide bonds. The van der Waals surface area contributed by atoms with Crippen LogP contribution in [-0.2, 0) is 0 Å². The Morgan fingerprint density at radius 2 is 1.64 bits per heavy atom. The molecule has 3 rings (SSSR count). The van der Waals surface area contributed by atoms with Crippen LogP contribution in [-0.4, -0.2) is 16.4 Å². The largest absolute Gasteiger partial charge is 0.430 e. The molecule has 1 heterocycles. The Balaban J connectivity index is 2.12. The molecule has 4 nitrogen and oxygen atoms in total. The summed E-state index contributed by atoms with van der Waals surface area (Å²) in [7, 11) is 0. The molecule has 0 saturated heterocycles. The number of nitrogens with one attached hydrogen (secondary N) is 1. The van der Waals surface area contributed by atoms with E-state index in [0.29, 0.717) is 11.6 Å². The van der Waals surface area contributed by atoms with Gasteiger partial charge in [-0.15, -0.1) is 0 Å². The minimum absolute atomic E-state index is 0.236. The molecule has 0 aliphatic heterocycles. The van der Waals surface area contributed by atoms with Crippen LogP contribution in [0.2, 0.25) is 0 Å². The molecule has 0 unspecified atom stereocenters. The fourth-order valence-corrected chi connectivity index (χ4v) is 2.59. The van der Waals surface area contributed by atoms with Gasteiger partial charge in [0.25, 0.3) is 5.91 Å². The number of amides is 1. The van der Waals surface area contributed by atoms with Crippen molar-refractivity contribution in [2.75, 3.05) is 0 Å². The summed E-state index contributed by atoms with van der Waals surface area (Å²) in [6, 6.07) is 17.5. The van der Waals surface area contributed by atoms with Gasteiger partial charge in [-0.2, -0.15) is 0 Å². The zero-order valence-corrected chi connectivity index (χ0v) is 15.0. The Hall–Kier alpha value is -2.88. The SMILES string of the molecule is Cc1ccccc1-c1nc(-c2ccccc2)c(C(=O)NC(C)(C)C)o1. The quantitative estimate of drug-likeness (QED) is 0.745. The molecule has 0 aliphatic rings.